The second-order valence-corrected chi connectivity index (χ2v) is 24.9. The topological polar surface area (TPSA) is 365 Å². The maximum atomic E-state index is 14.8. The van der Waals surface area contributed by atoms with E-state index in [1.807, 2.05) is 32.0 Å². The number of hydrazine groups is 1. The van der Waals surface area contributed by atoms with E-state index in [-0.39, 0.29) is 80.7 Å². The first-order valence-corrected chi connectivity index (χ1v) is 31.9. The van der Waals surface area contributed by atoms with Gasteiger partial charge in [0.25, 0.3) is 0 Å². The molecule has 1 aliphatic rings. The molecule has 0 spiro atoms. The van der Waals surface area contributed by atoms with Crippen LogP contribution in [0.3, 0.4) is 0 Å². The molecule has 2 aromatic rings. The molecule has 0 radical (unpaired) electrons. The number of likely N-dealkylation sites (tertiary alicyclic amines) is 1. The van der Waals surface area contributed by atoms with Crippen molar-refractivity contribution < 1.29 is 67.3 Å². The molecule has 1 heterocycles. The number of urea groups is 1. The summed E-state index contributed by atoms with van der Waals surface area (Å²) in [5.74, 6) is -0.356. The van der Waals surface area contributed by atoms with E-state index in [0.29, 0.717) is 61.9 Å². The lowest BCUT2D eigenvalue weighted by Gasteiger charge is -2.41. The van der Waals surface area contributed by atoms with Gasteiger partial charge in [-0.2, -0.15) is 0 Å². The fraction of sp³-hybridized carbons (Fsp3) is 0.662. The van der Waals surface area contributed by atoms with E-state index in [0.717, 1.165) is 0 Å². The Bertz CT molecular complexity index is 2670. The van der Waals surface area contributed by atoms with Crippen LogP contribution >= 0.6 is 0 Å². The number of nitrogens with one attached hydrogen (secondary N) is 7. The first-order chi connectivity index (χ1) is 43.0. The number of primary amides is 1. The first kappa shape index (κ1) is 77.8. The molecule has 2 unspecified atom stereocenters. The van der Waals surface area contributed by atoms with Gasteiger partial charge in [0.1, 0.15) is 30.8 Å². The van der Waals surface area contributed by atoms with Crippen LogP contribution in [0.2, 0.25) is 0 Å². The minimum atomic E-state index is -1.10. The average Bonchev–Trinajstić information content (AvgIpc) is 1.85. The van der Waals surface area contributed by atoms with Crippen LogP contribution in [-0.4, -0.2) is 175 Å². The van der Waals surface area contributed by atoms with Crippen LogP contribution in [0.25, 0.3) is 0 Å². The number of carbonyl (C=O) groups is 10. The number of ether oxygens (including phenoxy) is 3. The van der Waals surface area contributed by atoms with Crippen molar-refractivity contribution in [3.8, 4) is 0 Å². The van der Waals surface area contributed by atoms with Crippen LogP contribution < -0.4 is 48.9 Å². The summed E-state index contributed by atoms with van der Waals surface area (Å²) in [6, 6.07) is 8.83. The number of hydrogen-bond acceptors (Lipinski definition) is 15. The Morgan fingerprint density at radius 2 is 1.33 bits per heavy atom. The third kappa shape index (κ3) is 24.3. The molecular weight excluding hydrogens is 1170 g/mol. The number of benzene rings is 2. The molecule has 26 nitrogen and oxygen atoms in total. The van der Waals surface area contributed by atoms with Crippen LogP contribution in [-0.2, 0) is 59.2 Å². The minimum Gasteiger partial charge on any atom is -0.445 e. The third-order valence-electron chi connectivity index (χ3n) is 17.0. The van der Waals surface area contributed by atoms with Crippen molar-refractivity contribution in [1.29, 1.82) is 0 Å². The van der Waals surface area contributed by atoms with Crippen LogP contribution in [0.4, 0.5) is 15.3 Å². The first-order valence-electron chi connectivity index (χ1n) is 31.9. The highest BCUT2D eigenvalue weighted by atomic mass is 16.6. The number of amides is 11. The summed E-state index contributed by atoms with van der Waals surface area (Å²) in [5.41, 5.74) is 8.84. The highest BCUT2D eigenvalue weighted by Gasteiger charge is 2.44. The van der Waals surface area contributed by atoms with Crippen LogP contribution in [0, 0.1) is 29.6 Å². The number of nitrogens with zero attached hydrogens (tertiary/aromatic N) is 3. The number of aliphatic hydroxyl groups excluding tert-OH is 1. The summed E-state index contributed by atoms with van der Waals surface area (Å²) in [4.78, 5) is 139. The van der Waals surface area contributed by atoms with Gasteiger partial charge >= 0.3 is 12.1 Å². The largest absolute Gasteiger partial charge is 0.445 e. The second-order valence-electron chi connectivity index (χ2n) is 24.9. The molecule has 510 valence electrons. The van der Waals surface area contributed by atoms with Crippen molar-refractivity contribution in [3.05, 3.63) is 65.7 Å². The summed E-state index contributed by atoms with van der Waals surface area (Å²) in [6.07, 6.45) is 0.925. The van der Waals surface area contributed by atoms with Crippen LogP contribution in [0.5, 0.6) is 0 Å². The molecule has 3 rings (SSSR count). The summed E-state index contributed by atoms with van der Waals surface area (Å²) < 4.78 is 17.7. The zero-order chi connectivity index (χ0) is 68.2. The maximum absolute atomic E-state index is 14.8. The molecule has 0 aromatic heterocycles. The summed E-state index contributed by atoms with van der Waals surface area (Å²) in [7, 11) is 6.09. The molecule has 91 heavy (non-hydrogen) atoms. The molecule has 26 heteroatoms. The van der Waals surface area contributed by atoms with E-state index >= 15 is 0 Å². The summed E-state index contributed by atoms with van der Waals surface area (Å²) in [5, 5.41) is 27.6. The van der Waals surface area contributed by atoms with E-state index in [2.05, 4.69) is 37.3 Å². The lowest BCUT2D eigenvalue weighted by molar-refractivity contribution is -0.148. The van der Waals surface area contributed by atoms with Gasteiger partial charge in [-0.05, 0) is 92.4 Å². The van der Waals surface area contributed by atoms with E-state index in [1.165, 1.54) is 26.2 Å². The highest BCUT2D eigenvalue weighted by molar-refractivity contribution is 5.98. The zero-order valence-electron chi connectivity index (χ0n) is 56.0. The normalized spacial score (nSPS) is 16.7. The Labute approximate surface area is 537 Å². The van der Waals surface area contributed by atoms with Crippen molar-refractivity contribution in [1.82, 2.24) is 46.7 Å². The fourth-order valence-corrected chi connectivity index (χ4v) is 11.5. The molecule has 1 aliphatic heterocycles. The van der Waals surface area contributed by atoms with Gasteiger partial charge in [0.2, 0.25) is 47.3 Å². The molecule has 12 atom stereocenters. The van der Waals surface area contributed by atoms with Gasteiger partial charge in [-0.25, -0.2) is 15.4 Å². The van der Waals surface area contributed by atoms with E-state index < -0.39 is 114 Å². The number of rotatable bonds is 38. The Morgan fingerprint density at radius 3 is 1.89 bits per heavy atom. The predicted octanol–water partition coefficient (Wildman–Crippen LogP) is 4.53. The lowest BCUT2D eigenvalue weighted by atomic mass is 9.89. The third-order valence-corrected chi connectivity index (χ3v) is 17.0. The maximum Gasteiger partial charge on any atom is 0.410 e. The summed E-state index contributed by atoms with van der Waals surface area (Å²) in [6.45, 7) is 18.4. The SMILES string of the molecule is CC[C@H](C)[C@@H]([C@@H](CC(=O)N1CCC[C@H]1[C@H](OC)[C@@H](C)C(=O)N[C@H](C)[C@@H](O)c1ccccc1)OC)N(C)C(=O)[C@H](NC(=O)C(C(C)C)N(C)C(=O)OCc1ccc(NC(=O)[C@@H](CCCNC(N)=O)NC(=O)C(NC(=O)CCCCCC(=O)NN)C(C)C)cc1)C(C)C. The predicted molar refractivity (Wildman–Crippen MR) is 344 cm³/mol. The number of methoxy groups -OCH3 is 2. The standard InChI is InChI=1S/C65H106N12O14/c1-15-41(8)56(49(89-13)36-52(80)77-35-23-27-48(77)58(90-14)42(9)59(82)69-43(10)57(81)45-24-18-16-19-25-45)75(11)63(86)54(39(4)5)73-62(85)55(40(6)7)76(12)65(88)91-37-44-30-32-46(33-31-44)70-60(83)47(26-22-34-68-64(66)87)71-61(84)53(38(2)3)72-50(78)28-20-17-21-29-51(79)74-67/h16,18-19,24-25,30-33,38-43,47-49,53-58,81H,15,17,20-23,26-29,34-37,67H2,1-14H3,(H,69,82)(H,70,83)(H,71,84)(H,72,78)(H,73,85)(H,74,79)(H3,66,68,87)/t41-,42+,43+,47+,48-,49+,53?,54+,55?,56-,57+,58+/m0/s1. The van der Waals surface area contributed by atoms with E-state index in [1.54, 1.807) is 109 Å². The van der Waals surface area contributed by atoms with Crippen molar-refractivity contribution in [2.24, 2.45) is 41.2 Å². The second kappa shape index (κ2) is 39.1. The van der Waals surface area contributed by atoms with Crippen molar-refractivity contribution in [2.75, 3.05) is 46.7 Å². The molecule has 1 fully saturated rings. The smallest absolute Gasteiger partial charge is 0.410 e. The minimum absolute atomic E-state index is 0.0894. The number of hydrogen-bond donors (Lipinski definition) is 10. The monoisotopic (exact) mass is 1280 g/mol. The molecular formula is C65H106N12O14. The van der Waals surface area contributed by atoms with Crippen molar-refractivity contribution >= 4 is 65.1 Å². The Hall–Kier alpha value is -7.42. The molecule has 11 amide bonds. The average molecular weight is 1280 g/mol. The molecule has 12 N–H and O–H groups in total. The van der Waals surface area contributed by atoms with Crippen molar-refractivity contribution in [3.63, 3.8) is 0 Å². The van der Waals surface area contributed by atoms with Gasteiger partial charge in [0.15, 0.2) is 0 Å². The summed E-state index contributed by atoms with van der Waals surface area (Å²) >= 11 is 0. The molecule has 0 saturated carbocycles. The van der Waals surface area contributed by atoms with Crippen LogP contribution in [0.1, 0.15) is 157 Å². The van der Waals surface area contributed by atoms with Crippen LogP contribution in [0.15, 0.2) is 54.6 Å². The van der Waals surface area contributed by atoms with Gasteiger partial charge in [-0.3, -0.25) is 48.7 Å². The Kier molecular flexibility index (Phi) is 33.4. The number of likely N-dealkylation sites (N-methyl/N-ethyl adjacent to an activating group) is 2. The van der Waals surface area contributed by atoms with Gasteiger partial charge in [-0.1, -0.05) is 118 Å². The molecule has 1 saturated heterocycles. The van der Waals surface area contributed by atoms with Gasteiger partial charge in [0, 0.05) is 59.9 Å². The van der Waals surface area contributed by atoms with Crippen molar-refractivity contribution in [2.45, 2.75) is 207 Å². The van der Waals surface area contributed by atoms with Gasteiger partial charge in [0.05, 0.1) is 48.8 Å². The highest BCUT2D eigenvalue weighted by Crippen LogP contribution is 2.30. The number of nitrogens with two attached hydrogens (primary N) is 2. The lowest BCUT2D eigenvalue weighted by Crippen LogP contribution is -2.60. The quantitative estimate of drug-likeness (QED) is 0.0191. The zero-order valence-corrected chi connectivity index (χ0v) is 56.0. The number of anilines is 1. The number of carbonyl (C=O) groups excluding carboxylic acids is 10. The fourth-order valence-electron chi connectivity index (χ4n) is 11.5. The van der Waals surface area contributed by atoms with Gasteiger partial charge < -0.3 is 66.8 Å². The number of aliphatic hydroxyl groups is 1. The molecule has 2 aromatic carbocycles. The number of unbranched alkanes of at least 4 members (excludes halogenated alkanes) is 2. The Morgan fingerprint density at radius 1 is 0.703 bits per heavy atom. The van der Waals surface area contributed by atoms with E-state index in [9.17, 15) is 53.1 Å². The van der Waals surface area contributed by atoms with E-state index in [4.69, 9.17) is 25.8 Å². The molecule has 0 aliphatic carbocycles. The molecule has 0 bridgehead atoms. The Balaban J connectivity index is 1.69. The van der Waals surface area contributed by atoms with Gasteiger partial charge in [-0.15, -0.1) is 0 Å².